The maximum atomic E-state index is 13.2. The lowest BCUT2D eigenvalue weighted by Crippen LogP contribution is -2.48. The number of hydrogen-bond donors (Lipinski definition) is 0. The molecule has 2 saturated heterocycles. The van der Waals surface area contributed by atoms with E-state index >= 15 is 0 Å². The van der Waals surface area contributed by atoms with Crippen molar-refractivity contribution >= 4 is 5.91 Å². The number of benzene rings is 2. The molecule has 0 unspecified atom stereocenters. The van der Waals surface area contributed by atoms with Gasteiger partial charge in [-0.3, -0.25) is 14.7 Å². The van der Waals surface area contributed by atoms with Gasteiger partial charge in [0.1, 0.15) is 24.7 Å². The third kappa shape index (κ3) is 6.95. The Bertz CT molecular complexity index is 1380. The summed E-state index contributed by atoms with van der Waals surface area (Å²) in [6, 6.07) is 18.3. The summed E-state index contributed by atoms with van der Waals surface area (Å²) in [4.78, 5) is 21.6. The van der Waals surface area contributed by atoms with Crippen molar-refractivity contribution in [3.8, 4) is 17.2 Å². The minimum Gasteiger partial charge on any atom is -0.493 e. The van der Waals surface area contributed by atoms with E-state index in [-0.39, 0.29) is 24.0 Å². The molecule has 0 N–H and O–H groups in total. The Morgan fingerprint density at radius 2 is 1.53 bits per heavy atom. The van der Waals surface area contributed by atoms with Crippen molar-refractivity contribution in [2.24, 2.45) is 0 Å². The van der Waals surface area contributed by atoms with Crippen LogP contribution in [0.25, 0.3) is 0 Å². The number of hydrogen-bond acceptors (Lipinski definition) is 8. The van der Waals surface area contributed by atoms with E-state index in [1.807, 2.05) is 17.0 Å². The van der Waals surface area contributed by atoms with Gasteiger partial charge in [-0.1, -0.05) is 30.3 Å². The van der Waals surface area contributed by atoms with Gasteiger partial charge in [0.15, 0.2) is 11.5 Å². The topological polar surface area (TPSA) is 82.6 Å². The van der Waals surface area contributed by atoms with Crippen LogP contribution >= 0.6 is 0 Å². The Morgan fingerprint density at radius 3 is 2.21 bits per heavy atom. The lowest BCUT2D eigenvalue weighted by atomic mass is 9.91. The summed E-state index contributed by atoms with van der Waals surface area (Å²) < 4.78 is 28.7. The van der Waals surface area contributed by atoms with Gasteiger partial charge in [-0.2, -0.15) is 0 Å². The molecule has 1 saturated carbocycles. The number of pyridine rings is 1. The molecule has 9 heteroatoms. The van der Waals surface area contributed by atoms with Crippen LogP contribution in [0.1, 0.15) is 51.9 Å². The molecule has 1 aliphatic carbocycles. The number of amides is 1. The van der Waals surface area contributed by atoms with Crippen LogP contribution in [0.2, 0.25) is 0 Å². The van der Waals surface area contributed by atoms with E-state index in [0.29, 0.717) is 49.2 Å². The predicted molar refractivity (Wildman–Crippen MR) is 162 cm³/mol. The Morgan fingerprint density at radius 1 is 0.814 bits per heavy atom. The predicted octanol–water partition coefficient (Wildman–Crippen LogP) is 4.51. The number of carbonyl (C=O) groups excluding carboxylic acids is 1. The molecule has 228 valence electrons. The van der Waals surface area contributed by atoms with Crippen LogP contribution in [0.4, 0.5) is 0 Å². The third-order valence-electron chi connectivity index (χ3n) is 8.77. The summed E-state index contributed by atoms with van der Waals surface area (Å²) in [5.74, 6) is 2.95. The summed E-state index contributed by atoms with van der Waals surface area (Å²) in [6.45, 7) is 4.61. The van der Waals surface area contributed by atoms with Crippen LogP contribution in [-0.2, 0) is 16.1 Å². The van der Waals surface area contributed by atoms with Crippen molar-refractivity contribution in [2.75, 3.05) is 60.7 Å². The zero-order valence-corrected chi connectivity index (χ0v) is 25.2. The highest BCUT2D eigenvalue weighted by Gasteiger charge is 2.34. The van der Waals surface area contributed by atoms with Crippen LogP contribution in [0.15, 0.2) is 60.8 Å². The van der Waals surface area contributed by atoms with E-state index in [4.69, 9.17) is 23.7 Å². The van der Waals surface area contributed by atoms with E-state index in [9.17, 15) is 4.79 Å². The monoisotopic (exact) mass is 587 g/mol. The molecule has 0 bridgehead atoms. The van der Waals surface area contributed by atoms with E-state index in [1.54, 1.807) is 39.7 Å². The van der Waals surface area contributed by atoms with E-state index in [0.717, 1.165) is 36.7 Å². The highest BCUT2D eigenvalue weighted by atomic mass is 16.5. The molecule has 2 atom stereocenters. The quantitative estimate of drug-likeness (QED) is 0.289. The summed E-state index contributed by atoms with van der Waals surface area (Å²) in [5.41, 5.74) is 4.08. The average molecular weight is 588 g/mol. The lowest BCUT2D eigenvalue weighted by molar-refractivity contribution is -0.00461. The summed E-state index contributed by atoms with van der Waals surface area (Å²) >= 11 is 0. The average Bonchev–Trinajstić information content (AvgIpc) is 3.79. The molecule has 0 radical (unpaired) electrons. The first kappa shape index (κ1) is 29.4. The lowest BCUT2D eigenvalue weighted by Gasteiger charge is -2.39. The van der Waals surface area contributed by atoms with Crippen molar-refractivity contribution < 1.29 is 28.5 Å². The van der Waals surface area contributed by atoms with Gasteiger partial charge in [0.05, 0.1) is 19.3 Å². The molecule has 2 aromatic carbocycles. The summed E-state index contributed by atoms with van der Waals surface area (Å²) in [6.07, 6.45) is 4.38. The minimum absolute atomic E-state index is 0.0719. The first-order chi connectivity index (χ1) is 21.0. The van der Waals surface area contributed by atoms with E-state index in [2.05, 4.69) is 40.2 Å². The molecule has 1 amide bonds. The number of carbonyl (C=O) groups is 1. The summed E-state index contributed by atoms with van der Waals surface area (Å²) in [7, 11) is 5.09. The molecule has 2 aliphatic heterocycles. The van der Waals surface area contributed by atoms with Crippen LogP contribution < -0.4 is 14.2 Å². The maximum absolute atomic E-state index is 13.2. The van der Waals surface area contributed by atoms with Gasteiger partial charge < -0.3 is 28.6 Å². The van der Waals surface area contributed by atoms with Crippen LogP contribution in [0, 0.1) is 0 Å². The van der Waals surface area contributed by atoms with Crippen LogP contribution in [0.3, 0.4) is 0 Å². The molecule has 3 aliphatic rings. The fourth-order valence-corrected chi connectivity index (χ4v) is 5.90. The number of ether oxygens (including phenoxy) is 5. The number of aromatic nitrogens is 1. The minimum atomic E-state index is -0.0910. The van der Waals surface area contributed by atoms with Crippen molar-refractivity contribution in [1.82, 2.24) is 14.8 Å². The van der Waals surface area contributed by atoms with Crippen LogP contribution in [-0.4, -0.2) is 93.6 Å². The molecular formula is C34H41N3O6. The zero-order chi connectivity index (χ0) is 29.8. The molecule has 3 fully saturated rings. The van der Waals surface area contributed by atoms with E-state index < -0.39 is 0 Å². The zero-order valence-electron chi connectivity index (χ0n) is 25.2. The largest absolute Gasteiger partial charge is 0.493 e. The molecular weight excluding hydrogens is 546 g/mol. The highest BCUT2D eigenvalue weighted by molar-refractivity contribution is 5.93. The van der Waals surface area contributed by atoms with Gasteiger partial charge in [0.2, 0.25) is 0 Å². The van der Waals surface area contributed by atoms with E-state index in [1.165, 1.54) is 18.4 Å². The third-order valence-corrected chi connectivity index (χ3v) is 8.77. The second-order valence-corrected chi connectivity index (χ2v) is 11.7. The van der Waals surface area contributed by atoms with Crippen molar-refractivity contribution in [2.45, 2.75) is 43.5 Å². The fraction of sp³-hybridized carbons (Fsp3) is 0.471. The second kappa shape index (κ2) is 13.3. The van der Waals surface area contributed by atoms with Gasteiger partial charge in [-0.25, -0.2) is 0 Å². The first-order valence-corrected chi connectivity index (χ1v) is 15.1. The van der Waals surface area contributed by atoms with Gasteiger partial charge in [0, 0.05) is 65.1 Å². The standard InChI is InChI=1S/C34H41N3O6/c1-39-31-16-26(10-11-30(31)43-22-23-4-6-24(7-5-23)25-8-9-25)27-18-37(19-27)34(38)29-17-28(12-13-35-29)42-15-14-36-20-32(40-2)33(21-36)41-3/h4-7,10-13,16-17,25,27,32-33H,8-9,14-15,18-22H2,1-3H3/t32-,33+. The van der Waals surface area contributed by atoms with Gasteiger partial charge in [-0.15, -0.1) is 0 Å². The van der Waals surface area contributed by atoms with Crippen LogP contribution in [0.5, 0.6) is 17.2 Å². The Kier molecular flexibility index (Phi) is 9.11. The first-order valence-electron chi connectivity index (χ1n) is 15.1. The maximum Gasteiger partial charge on any atom is 0.272 e. The van der Waals surface area contributed by atoms with Gasteiger partial charge in [0.25, 0.3) is 5.91 Å². The number of rotatable bonds is 13. The summed E-state index contributed by atoms with van der Waals surface area (Å²) in [5, 5.41) is 0. The second-order valence-electron chi connectivity index (χ2n) is 11.7. The number of methoxy groups -OCH3 is 3. The van der Waals surface area contributed by atoms with Crippen molar-refractivity contribution in [3.63, 3.8) is 0 Å². The molecule has 0 spiro atoms. The van der Waals surface area contributed by atoms with Gasteiger partial charge in [-0.05, 0) is 53.6 Å². The van der Waals surface area contributed by atoms with Gasteiger partial charge >= 0.3 is 0 Å². The highest BCUT2D eigenvalue weighted by Crippen LogP contribution is 2.40. The SMILES string of the molecule is COc1cc(C2CN(C(=O)c3cc(OCCN4C[C@H](OC)[C@H](OC)C4)ccn3)C2)ccc1OCc1ccc(C2CC2)cc1. The molecule has 1 aromatic heterocycles. The fourth-order valence-electron chi connectivity index (χ4n) is 5.90. The normalized spacial score (nSPS) is 20.6. The Hall–Kier alpha value is -3.66. The molecule has 3 aromatic rings. The van der Waals surface area contributed by atoms with Crippen molar-refractivity contribution in [1.29, 1.82) is 0 Å². The Balaban J connectivity index is 0.979. The number of likely N-dealkylation sites (tertiary alicyclic amines) is 2. The Labute approximate surface area is 253 Å². The molecule has 43 heavy (non-hydrogen) atoms. The smallest absolute Gasteiger partial charge is 0.272 e. The molecule has 3 heterocycles. The van der Waals surface area contributed by atoms with Crippen molar-refractivity contribution in [3.05, 3.63) is 83.2 Å². The molecule has 9 nitrogen and oxygen atoms in total. The number of nitrogens with zero attached hydrogens (tertiary/aromatic N) is 3. The molecule has 6 rings (SSSR count).